The van der Waals surface area contributed by atoms with Gasteiger partial charge in [-0.2, -0.15) is 0 Å². The number of hydrogen-bond acceptors (Lipinski definition) is 6. The first kappa shape index (κ1) is 22.3. The summed E-state index contributed by atoms with van der Waals surface area (Å²) in [4.78, 5) is 45.1. The van der Waals surface area contributed by atoms with Crippen LogP contribution in [0.15, 0.2) is 30.3 Å². The van der Waals surface area contributed by atoms with E-state index in [0.29, 0.717) is 23.7 Å². The number of thiophene rings is 1. The molecule has 2 aliphatic rings. The lowest BCUT2D eigenvalue weighted by Crippen LogP contribution is -2.35. The van der Waals surface area contributed by atoms with Gasteiger partial charge in [0.2, 0.25) is 0 Å². The molecule has 3 N–H and O–H groups in total. The highest BCUT2D eigenvalue weighted by molar-refractivity contribution is 7.20. The quantitative estimate of drug-likeness (QED) is 0.705. The molecular weight excluding hydrogens is 428 g/mol. The van der Waals surface area contributed by atoms with Crippen molar-refractivity contribution in [3.05, 3.63) is 41.5 Å². The van der Waals surface area contributed by atoms with Crippen molar-refractivity contribution in [3.8, 4) is 10.4 Å². The van der Waals surface area contributed by atoms with Crippen molar-refractivity contribution in [2.75, 3.05) is 31.5 Å². The SMILES string of the molecule is NC(=O)Nc1sc(-c2ccc(C(=O)N3CCCCC3)cc2)cc1C(=O)ON1CCCCC1. The monoisotopic (exact) mass is 456 g/mol. The summed E-state index contributed by atoms with van der Waals surface area (Å²) in [6.07, 6.45) is 6.36. The van der Waals surface area contributed by atoms with E-state index >= 15 is 0 Å². The number of nitrogens with one attached hydrogen (secondary N) is 1. The molecule has 9 heteroatoms. The minimum absolute atomic E-state index is 0.0457. The fraction of sp³-hybridized carbons (Fsp3) is 0.435. The predicted octanol–water partition coefficient (Wildman–Crippen LogP) is 4.09. The van der Waals surface area contributed by atoms with Gasteiger partial charge in [0.25, 0.3) is 5.91 Å². The summed E-state index contributed by atoms with van der Waals surface area (Å²) in [5.41, 5.74) is 7.06. The topological polar surface area (TPSA) is 105 Å². The molecule has 170 valence electrons. The molecule has 4 rings (SSSR count). The zero-order valence-corrected chi connectivity index (χ0v) is 18.8. The van der Waals surface area contributed by atoms with Gasteiger partial charge >= 0.3 is 12.0 Å². The van der Waals surface area contributed by atoms with Crippen molar-refractivity contribution in [1.82, 2.24) is 9.96 Å². The van der Waals surface area contributed by atoms with Crippen LogP contribution in [-0.2, 0) is 4.84 Å². The highest BCUT2D eigenvalue weighted by Gasteiger charge is 2.23. The third-order valence-corrected chi connectivity index (χ3v) is 6.87. The van der Waals surface area contributed by atoms with Crippen LogP contribution < -0.4 is 11.1 Å². The number of carbonyl (C=O) groups excluding carboxylic acids is 3. The predicted molar refractivity (Wildman–Crippen MR) is 124 cm³/mol. The molecule has 0 saturated carbocycles. The lowest BCUT2D eigenvalue weighted by atomic mass is 10.1. The molecule has 3 amide bonds. The third-order valence-electron chi connectivity index (χ3n) is 5.78. The maximum Gasteiger partial charge on any atom is 0.360 e. The van der Waals surface area contributed by atoms with Crippen LogP contribution in [0.2, 0.25) is 0 Å². The van der Waals surface area contributed by atoms with Crippen LogP contribution in [0.4, 0.5) is 9.80 Å². The van der Waals surface area contributed by atoms with Gasteiger partial charge in [-0.3, -0.25) is 10.1 Å². The molecule has 32 heavy (non-hydrogen) atoms. The first-order valence-corrected chi connectivity index (χ1v) is 11.9. The van der Waals surface area contributed by atoms with Crippen molar-refractivity contribution in [2.24, 2.45) is 5.73 Å². The van der Waals surface area contributed by atoms with Gasteiger partial charge in [0.1, 0.15) is 5.00 Å². The van der Waals surface area contributed by atoms with E-state index in [1.807, 2.05) is 17.0 Å². The zero-order chi connectivity index (χ0) is 22.5. The number of piperidine rings is 2. The Kier molecular flexibility index (Phi) is 7.06. The Morgan fingerprint density at radius 3 is 2.16 bits per heavy atom. The molecular formula is C23H28N4O4S. The molecule has 1 aromatic heterocycles. The fourth-order valence-electron chi connectivity index (χ4n) is 4.07. The van der Waals surface area contributed by atoms with Gasteiger partial charge in [-0.15, -0.1) is 16.4 Å². The summed E-state index contributed by atoms with van der Waals surface area (Å²) in [5.74, 6) is -0.473. The Hall–Kier alpha value is -2.91. The van der Waals surface area contributed by atoms with E-state index in [4.69, 9.17) is 10.6 Å². The van der Waals surface area contributed by atoms with E-state index in [2.05, 4.69) is 5.32 Å². The molecule has 3 heterocycles. The van der Waals surface area contributed by atoms with E-state index in [1.54, 1.807) is 23.3 Å². The second-order valence-corrected chi connectivity index (χ2v) is 9.19. The summed E-state index contributed by atoms with van der Waals surface area (Å²) < 4.78 is 0. The van der Waals surface area contributed by atoms with Gasteiger partial charge in [-0.1, -0.05) is 18.6 Å². The number of benzene rings is 1. The van der Waals surface area contributed by atoms with E-state index < -0.39 is 12.0 Å². The number of carbonyl (C=O) groups is 3. The van der Waals surface area contributed by atoms with Gasteiger partial charge in [0, 0.05) is 36.6 Å². The molecule has 0 atom stereocenters. The number of urea groups is 1. The van der Waals surface area contributed by atoms with Crippen LogP contribution in [0.3, 0.4) is 0 Å². The second-order valence-electron chi connectivity index (χ2n) is 8.14. The molecule has 0 spiro atoms. The van der Waals surface area contributed by atoms with E-state index in [1.165, 1.54) is 17.8 Å². The minimum Gasteiger partial charge on any atom is -0.364 e. The normalized spacial score (nSPS) is 17.1. The lowest BCUT2D eigenvalue weighted by molar-refractivity contribution is -0.119. The zero-order valence-electron chi connectivity index (χ0n) is 18.0. The number of primary amides is 1. The Bertz CT molecular complexity index is 976. The average Bonchev–Trinajstić information content (AvgIpc) is 3.23. The number of likely N-dealkylation sites (tertiary alicyclic amines) is 1. The van der Waals surface area contributed by atoms with Crippen molar-refractivity contribution in [3.63, 3.8) is 0 Å². The molecule has 8 nitrogen and oxygen atoms in total. The lowest BCUT2D eigenvalue weighted by Gasteiger charge is -2.26. The minimum atomic E-state index is -0.743. The van der Waals surface area contributed by atoms with Crippen molar-refractivity contribution in [2.45, 2.75) is 38.5 Å². The number of hydroxylamine groups is 2. The Labute approximate surface area is 191 Å². The standard InChI is InChI=1S/C23H28N4O4S/c24-23(30)25-20-18(22(29)31-27-13-5-2-6-14-27)15-19(32-20)16-7-9-17(10-8-16)21(28)26-11-3-1-4-12-26/h7-10,15H,1-6,11-14H2,(H3,24,25,30). The summed E-state index contributed by atoms with van der Waals surface area (Å²) in [7, 11) is 0. The van der Waals surface area contributed by atoms with Crippen LogP contribution in [0.5, 0.6) is 0 Å². The largest absolute Gasteiger partial charge is 0.364 e. The number of rotatable bonds is 5. The van der Waals surface area contributed by atoms with Gasteiger partial charge in [-0.25, -0.2) is 9.59 Å². The van der Waals surface area contributed by atoms with Gasteiger partial charge in [0.05, 0.1) is 5.56 Å². The van der Waals surface area contributed by atoms with Crippen molar-refractivity contribution in [1.29, 1.82) is 0 Å². The maximum absolute atomic E-state index is 12.8. The molecule has 2 saturated heterocycles. The van der Waals surface area contributed by atoms with Crippen LogP contribution in [0, 0.1) is 0 Å². The van der Waals surface area contributed by atoms with Crippen LogP contribution >= 0.6 is 11.3 Å². The highest BCUT2D eigenvalue weighted by Crippen LogP contribution is 2.36. The summed E-state index contributed by atoms with van der Waals surface area (Å²) in [5, 5.41) is 4.55. The Balaban J connectivity index is 1.52. The number of nitrogens with two attached hydrogens (primary N) is 1. The van der Waals surface area contributed by atoms with E-state index in [-0.39, 0.29) is 11.5 Å². The van der Waals surface area contributed by atoms with E-state index in [0.717, 1.165) is 55.6 Å². The maximum atomic E-state index is 12.8. The van der Waals surface area contributed by atoms with Gasteiger partial charge in [-0.05, 0) is 55.9 Å². The van der Waals surface area contributed by atoms with Crippen LogP contribution in [0.1, 0.15) is 59.2 Å². The number of amides is 3. The smallest absolute Gasteiger partial charge is 0.360 e. The summed E-state index contributed by atoms with van der Waals surface area (Å²) in [6, 6.07) is 8.28. The van der Waals surface area contributed by atoms with Crippen LogP contribution in [-0.4, -0.2) is 54.0 Å². The molecule has 1 aromatic carbocycles. The van der Waals surface area contributed by atoms with Gasteiger partial charge < -0.3 is 15.5 Å². The number of anilines is 1. The Morgan fingerprint density at radius 2 is 1.53 bits per heavy atom. The first-order chi connectivity index (χ1) is 15.5. The molecule has 2 aliphatic heterocycles. The van der Waals surface area contributed by atoms with Crippen molar-refractivity contribution < 1.29 is 19.2 Å². The fourth-order valence-corrected chi connectivity index (χ4v) is 5.12. The molecule has 0 aliphatic carbocycles. The van der Waals surface area contributed by atoms with Gasteiger partial charge in [0.15, 0.2) is 0 Å². The first-order valence-electron chi connectivity index (χ1n) is 11.1. The molecule has 2 aromatic rings. The summed E-state index contributed by atoms with van der Waals surface area (Å²) in [6.45, 7) is 3.01. The highest BCUT2D eigenvalue weighted by atomic mass is 32.1. The summed E-state index contributed by atoms with van der Waals surface area (Å²) >= 11 is 1.25. The number of nitrogens with zero attached hydrogens (tertiary/aromatic N) is 2. The molecule has 0 unspecified atom stereocenters. The molecule has 2 fully saturated rings. The number of hydrogen-bond donors (Lipinski definition) is 2. The second kappa shape index (κ2) is 10.1. The molecule has 0 radical (unpaired) electrons. The van der Waals surface area contributed by atoms with E-state index in [9.17, 15) is 14.4 Å². The third kappa shape index (κ3) is 5.28. The Morgan fingerprint density at radius 1 is 0.906 bits per heavy atom. The molecule has 0 bridgehead atoms. The van der Waals surface area contributed by atoms with Crippen LogP contribution in [0.25, 0.3) is 10.4 Å². The average molecular weight is 457 g/mol. The van der Waals surface area contributed by atoms with Crippen molar-refractivity contribution >= 4 is 34.2 Å².